The molecule has 0 spiro atoms. The number of nitrogens with one attached hydrogen (secondary N) is 4. The van der Waals surface area contributed by atoms with Crippen molar-refractivity contribution in [3.05, 3.63) is 0 Å². The Kier molecular flexibility index (Phi) is 3.31. The Hall–Kier alpha value is -0.320. The maximum atomic E-state index is 5.34. The van der Waals surface area contributed by atoms with E-state index in [0.717, 1.165) is 6.54 Å². The van der Waals surface area contributed by atoms with Gasteiger partial charge in [0, 0.05) is 19.6 Å². The van der Waals surface area contributed by atoms with Gasteiger partial charge in [-0.25, -0.2) is 10.9 Å². The van der Waals surface area contributed by atoms with Crippen molar-refractivity contribution in [3.8, 4) is 0 Å². The summed E-state index contributed by atoms with van der Waals surface area (Å²) in [4.78, 5) is 0. The van der Waals surface area contributed by atoms with Gasteiger partial charge >= 0.3 is 0 Å². The SMILES string of the molecule is NNN1CCNCC1(NN)NN. The highest BCUT2D eigenvalue weighted by Gasteiger charge is 2.36. The topological polar surface area (TPSA) is 129 Å². The van der Waals surface area contributed by atoms with Crippen LogP contribution < -0.4 is 39.2 Å². The molecule has 0 unspecified atom stereocenters. The monoisotopic (exact) mass is 176 g/mol. The Balaban J connectivity index is 2.66. The van der Waals surface area contributed by atoms with Crippen molar-refractivity contribution in [1.82, 2.24) is 26.7 Å². The molecule has 0 bridgehead atoms. The normalized spacial score (nSPS) is 24.2. The molecule has 0 atom stereocenters. The van der Waals surface area contributed by atoms with Gasteiger partial charge in [-0.15, -0.1) is 0 Å². The summed E-state index contributed by atoms with van der Waals surface area (Å²) in [5.74, 6) is 15.2. The highest BCUT2D eigenvalue weighted by molar-refractivity contribution is 4.85. The van der Waals surface area contributed by atoms with Crippen molar-refractivity contribution in [2.75, 3.05) is 19.6 Å². The molecule has 0 aromatic heterocycles. The Bertz CT molecular complexity index is 133. The first-order valence-corrected chi connectivity index (χ1v) is 3.69. The fourth-order valence-electron chi connectivity index (χ4n) is 1.22. The fourth-order valence-corrected chi connectivity index (χ4v) is 1.22. The molecule has 1 fully saturated rings. The number of piperazine rings is 1. The van der Waals surface area contributed by atoms with Crippen molar-refractivity contribution in [2.45, 2.75) is 5.79 Å². The summed E-state index contributed by atoms with van der Waals surface area (Å²) in [6.07, 6.45) is 0. The summed E-state index contributed by atoms with van der Waals surface area (Å²) in [6.45, 7) is 2.09. The molecule has 0 amide bonds. The standard InChI is InChI=1S/C4H16N8/c5-9-4(10-6)3-8-1-2-12(4)11-7/h8-11H,1-3,5-7H2. The molecule has 8 heteroatoms. The molecule has 1 aliphatic heterocycles. The average molecular weight is 176 g/mol. The summed E-state index contributed by atoms with van der Waals surface area (Å²) in [5, 5.41) is 4.80. The van der Waals surface area contributed by atoms with E-state index in [1.165, 1.54) is 0 Å². The van der Waals surface area contributed by atoms with Crippen LogP contribution in [0.3, 0.4) is 0 Å². The van der Waals surface area contributed by atoms with Gasteiger partial charge in [-0.1, -0.05) is 0 Å². The molecule has 1 aliphatic rings. The van der Waals surface area contributed by atoms with E-state index < -0.39 is 5.79 Å². The predicted molar refractivity (Wildman–Crippen MR) is 44.3 cm³/mol. The lowest BCUT2D eigenvalue weighted by molar-refractivity contribution is -0.0400. The number of rotatable bonds is 3. The number of hydrogen-bond donors (Lipinski definition) is 7. The summed E-state index contributed by atoms with van der Waals surface area (Å²) in [5.41, 5.74) is 7.61. The van der Waals surface area contributed by atoms with E-state index in [0.29, 0.717) is 13.1 Å². The van der Waals surface area contributed by atoms with Crippen LogP contribution in [0.1, 0.15) is 0 Å². The number of nitrogens with zero attached hydrogens (tertiary/aromatic N) is 1. The van der Waals surface area contributed by atoms with E-state index >= 15 is 0 Å². The van der Waals surface area contributed by atoms with Gasteiger partial charge in [-0.3, -0.25) is 17.5 Å². The Morgan fingerprint density at radius 1 is 1.25 bits per heavy atom. The van der Waals surface area contributed by atoms with E-state index in [-0.39, 0.29) is 0 Å². The lowest BCUT2D eigenvalue weighted by Gasteiger charge is -2.44. The quantitative estimate of drug-likeness (QED) is 0.131. The second-order valence-electron chi connectivity index (χ2n) is 2.61. The Labute approximate surface area is 70.7 Å². The molecule has 0 aromatic rings. The van der Waals surface area contributed by atoms with E-state index in [9.17, 15) is 0 Å². The Morgan fingerprint density at radius 2 is 1.92 bits per heavy atom. The molecule has 0 aliphatic carbocycles. The zero-order chi connectivity index (χ0) is 9.03. The first kappa shape index (κ1) is 9.77. The highest BCUT2D eigenvalue weighted by atomic mass is 15.8. The number of hydrogen-bond acceptors (Lipinski definition) is 8. The van der Waals surface area contributed by atoms with Gasteiger partial charge in [0.2, 0.25) is 0 Å². The van der Waals surface area contributed by atoms with Crippen LogP contribution in [0.25, 0.3) is 0 Å². The minimum absolute atomic E-state index is 0.560. The molecule has 1 saturated heterocycles. The van der Waals surface area contributed by atoms with Crippen LogP contribution in [0.2, 0.25) is 0 Å². The van der Waals surface area contributed by atoms with Crippen molar-refractivity contribution in [2.24, 2.45) is 17.5 Å². The molecule has 1 rings (SSSR count). The van der Waals surface area contributed by atoms with E-state index in [2.05, 4.69) is 21.7 Å². The molecule has 10 N–H and O–H groups in total. The van der Waals surface area contributed by atoms with Crippen molar-refractivity contribution < 1.29 is 0 Å². The average Bonchev–Trinajstić information content (AvgIpc) is 2.17. The smallest absolute Gasteiger partial charge is 0.177 e. The van der Waals surface area contributed by atoms with Crippen molar-refractivity contribution >= 4 is 0 Å². The van der Waals surface area contributed by atoms with Gasteiger partial charge in [0.05, 0.1) is 0 Å². The van der Waals surface area contributed by atoms with Crippen LogP contribution in [0.4, 0.5) is 0 Å². The van der Waals surface area contributed by atoms with Gasteiger partial charge < -0.3 is 5.32 Å². The third-order valence-electron chi connectivity index (χ3n) is 1.99. The lowest BCUT2D eigenvalue weighted by Crippen LogP contribution is -2.81. The first-order chi connectivity index (χ1) is 5.79. The lowest BCUT2D eigenvalue weighted by atomic mass is 10.2. The zero-order valence-corrected chi connectivity index (χ0v) is 6.80. The molecule has 8 nitrogen and oxygen atoms in total. The van der Waals surface area contributed by atoms with Gasteiger partial charge in [-0.2, -0.15) is 10.5 Å². The summed E-state index contributed by atoms with van der Waals surface area (Å²) >= 11 is 0. The van der Waals surface area contributed by atoms with E-state index in [1.54, 1.807) is 5.01 Å². The number of hydrazine groups is 4. The van der Waals surface area contributed by atoms with Crippen LogP contribution >= 0.6 is 0 Å². The molecule has 0 radical (unpaired) electrons. The fraction of sp³-hybridized carbons (Fsp3) is 1.00. The minimum atomic E-state index is -0.729. The minimum Gasteiger partial charge on any atom is -0.311 e. The molecule has 0 aromatic carbocycles. The predicted octanol–water partition coefficient (Wildman–Crippen LogP) is -4.15. The number of nitrogens with two attached hydrogens (primary N) is 3. The van der Waals surface area contributed by atoms with E-state index in [1.807, 2.05) is 0 Å². The first-order valence-electron chi connectivity index (χ1n) is 3.69. The largest absolute Gasteiger partial charge is 0.311 e. The summed E-state index contributed by atoms with van der Waals surface area (Å²) < 4.78 is 0. The van der Waals surface area contributed by atoms with Crippen LogP contribution in [0, 0.1) is 0 Å². The van der Waals surface area contributed by atoms with Crippen molar-refractivity contribution in [3.63, 3.8) is 0 Å². The molecular formula is C4H16N8. The van der Waals surface area contributed by atoms with Crippen molar-refractivity contribution in [1.29, 1.82) is 0 Å². The van der Waals surface area contributed by atoms with Gasteiger partial charge in [0.25, 0.3) is 0 Å². The van der Waals surface area contributed by atoms with Gasteiger partial charge in [0.15, 0.2) is 5.79 Å². The van der Waals surface area contributed by atoms with Crippen LogP contribution in [-0.4, -0.2) is 30.4 Å². The molecule has 1 heterocycles. The third-order valence-corrected chi connectivity index (χ3v) is 1.99. The summed E-state index contributed by atoms with van der Waals surface area (Å²) in [7, 11) is 0. The van der Waals surface area contributed by atoms with Gasteiger partial charge in [-0.05, 0) is 0 Å². The summed E-state index contributed by atoms with van der Waals surface area (Å²) in [6, 6.07) is 0. The molecule has 72 valence electrons. The zero-order valence-electron chi connectivity index (χ0n) is 6.80. The molecular weight excluding hydrogens is 160 g/mol. The second-order valence-corrected chi connectivity index (χ2v) is 2.61. The Morgan fingerprint density at radius 3 is 2.33 bits per heavy atom. The maximum Gasteiger partial charge on any atom is 0.177 e. The maximum absolute atomic E-state index is 5.34. The molecule has 12 heavy (non-hydrogen) atoms. The van der Waals surface area contributed by atoms with Gasteiger partial charge in [0.1, 0.15) is 0 Å². The van der Waals surface area contributed by atoms with Crippen LogP contribution in [0.15, 0.2) is 0 Å². The molecule has 0 saturated carbocycles. The van der Waals surface area contributed by atoms with Crippen LogP contribution in [0.5, 0.6) is 0 Å². The van der Waals surface area contributed by atoms with E-state index in [4.69, 9.17) is 17.5 Å². The third kappa shape index (κ3) is 1.55. The second kappa shape index (κ2) is 4.07. The highest BCUT2D eigenvalue weighted by Crippen LogP contribution is 2.04. The van der Waals surface area contributed by atoms with Crippen LogP contribution in [-0.2, 0) is 0 Å².